The summed E-state index contributed by atoms with van der Waals surface area (Å²) in [7, 11) is 0. The van der Waals surface area contributed by atoms with Crippen LogP contribution in [0, 0.1) is 13.8 Å². The number of benzene rings is 13. The van der Waals surface area contributed by atoms with Gasteiger partial charge in [-0.15, -0.1) is 11.3 Å². The number of fused-ring (bicyclic) bond motifs is 6. The first-order chi connectivity index (χ1) is 69.1. The number of nitrogens with zero attached hydrogens (tertiary/aromatic N) is 9. The molecule has 0 amide bonds. The van der Waals surface area contributed by atoms with Gasteiger partial charge in [0.05, 0.1) is 15.6 Å². The molecule has 4 N–H and O–H groups in total. The Hall–Kier alpha value is -13.6. The van der Waals surface area contributed by atoms with Crippen molar-refractivity contribution < 1.29 is 57.6 Å². The number of rotatable bonds is 31. The van der Waals surface area contributed by atoms with E-state index in [0.717, 1.165) is 142 Å². The molecule has 0 spiro atoms. The molecule has 4 saturated heterocycles. The van der Waals surface area contributed by atoms with Gasteiger partial charge in [-0.05, 0) is 279 Å². The Kier molecular flexibility index (Phi) is 33.2. The van der Waals surface area contributed by atoms with Crippen molar-refractivity contribution >= 4 is 118 Å². The third-order valence-electron chi connectivity index (χ3n) is 27.2. The third-order valence-corrected chi connectivity index (χ3v) is 28.2. The fourth-order valence-electron chi connectivity index (χ4n) is 19.8. The summed E-state index contributed by atoms with van der Waals surface area (Å²) in [5, 5.41) is 62.5. The van der Waals surface area contributed by atoms with E-state index in [4.69, 9.17) is 32.4 Å². The zero-order valence-corrected chi connectivity index (χ0v) is 81.1. The van der Waals surface area contributed by atoms with Gasteiger partial charge in [0, 0.05) is 61.9 Å². The SMILES string of the molecule is CC(=O)c1cc2c(OC[C@@H](O)CN3CCC(c4ccc5ccccc5c4)CC3)cccc2o1.Cc1noc(/C=C/c2ccccc2OC[C@@H](O)CN2CCC(c3ccc4ccccc4c3)CC2)n1.Cc1noc(/C=C/c2ccccc2OC[C@@H](O)CN2CCC(c3cccc4ccccc34)CC2)n1.O[C@H](COc1ccccc1/C=C/c1nc2ccccc2s1)CN1CCC(c2cccc3ccccc23)CC1. The first-order valence-corrected chi connectivity index (χ1v) is 50.3. The molecule has 21 nitrogen and oxygen atoms in total. The number of piperidine rings is 4. The van der Waals surface area contributed by atoms with Crippen molar-refractivity contribution in [1.82, 2.24) is 44.9 Å². The van der Waals surface area contributed by atoms with Gasteiger partial charge in [-0.2, -0.15) is 9.97 Å². The van der Waals surface area contributed by atoms with Crippen LogP contribution in [0.15, 0.2) is 305 Å². The van der Waals surface area contributed by atoms with Crippen LogP contribution in [0.2, 0.25) is 0 Å². The Morgan fingerprint density at radius 2 is 0.716 bits per heavy atom. The fourth-order valence-corrected chi connectivity index (χ4v) is 20.7. The summed E-state index contributed by atoms with van der Waals surface area (Å²) >= 11 is 1.67. The van der Waals surface area contributed by atoms with Crippen molar-refractivity contribution in [2.75, 3.05) is 105 Å². The molecule has 4 aromatic heterocycles. The summed E-state index contributed by atoms with van der Waals surface area (Å²) < 4.78 is 40.9. The summed E-state index contributed by atoms with van der Waals surface area (Å²) in [6.07, 6.45) is 17.9. The number of aliphatic hydroxyl groups excluding tert-OH is 4. The lowest BCUT2D eigenvalue weighted by molar-refractivity contribution is 0.0593. The predicted octanol–water partition coefficient (Wildman–Crippen LogP) is 23.3. The molecule has 4 atom stereocenters. The van der Waals surface area contributed by atoms with Gasteiger partial charge in [0.25, 0.3) is 11.8 Å². The highest BCUT2D eigenvalue weighted by Gasteiger charge is 2.29. The molecule has 722 valence electrons. The van der Waals surface area contributed by atoms with Crippen molar-refractivity contribution in [1.29, 1.82) is 0 Å². The summed E-state index contributed by atoms with van der Waals surface area (Å²) in [6, 6.07) is 100. The molecule has 22 heteroatoms. The molecule has 13 aromatic carbocycles. The summed E-state index contributed by atoms with van der Waals surface area (Å²) in [6.45, 7) is 16.3. The zero-order valence-electron chi connectivity index (χ0n) is 80.3. The Morgan fingerprint density at radius 1 is 0.362 bits per heavy atom. The highest BCUT2D eigenvalue weighted by Crippen LogP contribution is 2.39. The van der Waals surface area contributed by atoms with E-state index >= 15 is 0 Å². The molecular weight excluding hydrogens is 1780 g/mol. The predicted molar refractivity (Wildman–Crippen MR) is 565 cm³/mol. The van der Waals surface area contributed by atoms with E-state index in [1.807, 2.05) is 133 Å². The van der Waals surface area contributed by atoms with E-state index in [2.05, 4.69) is 221 Å². The Balaban J connectivity index is 0.000000124. The lowest BCUT2D eigenvalue weighted by Crippen LogP contribution is -2.40. The molecule has 0 bridgehead atoms. The number of aliphatic hydroxyl groups is 4. The lowest BCUT2D eigenvalue weighted by Gasteiger charge is -2.33. The Morgan fingerprint density at radius 3 is 1.13 bits per heavy atom. The number of aryl methyl sites for hydroxylation is 2. The van der Waals surface area contributed by atoms with Gasteiger partial charge < -0.3 is 72.4 Å². The number of hydrogen-bond acceptors (Lipinski definition) is 22. The smallest absolute Gasteiger partial charge is 0.250 e. The van der Waals surface area contributed by atoms with Gasteiger partial charge in [0.15, 0.2) is 23.2 Å². The lowest BCUT2D eigenvalue weighted by atomic mass is 9.86. The number of ketones is 1. The minimum absolute atomic E-state index is 0.121. The number of para-hydroxylation sites is 4. The van der Waals surface area contributed by atoms with Gasteiger partial charge in [0.2, 0.25) is 0 Å². The first kappa shape index (κ1) is 97.6. The van der Waals surface area contributed by atoms with Crippen LogP contribution in [0.5, 0.6) is 23.0 Å². The molecule has 0 aliphatic carbocycles. The number of ether oxygens (including phenoxy) is 4. The molecule has 4 aliphatic rings. The first-order valence-electron chi connectivity index (χ1n) is 49.5. The second-order valence-electron chi connectivity index (χ2n) is 37.3. The Bertz CT molecular complexity index is 7030. The summed E-state index contributed by atoms with van der Waals surface area (Å²) in [5.74, 6) is 7.39. The van der Waals surface area contributed by atoms with E-state index < -0.39 is 24.4 Å². The summed E-state index contributed by atoms with van der Waals surface area (Å²) in [4.78, 5) is 34.0. The van der Waals surface area contributed by atoms with Crippen molar-refractivity contribution in [2.24, 2.45) is 0 Å². The van der Waals surface area contributed by atoms with Crippen LogP contribution in [-0.2, 0) is 0 Å². The quantitative estimate of drug-likeness (QED) is 0.0295. The van der Waals surface area contributed by atoms with E-state index in [0.29, 0.717) is 102 Å². The molecule has 4 aliphatic heterocycles. The number of aromatic nitrogens is 5. The van der Waals surface area contributed by atoms with Crippen molar-refractivity contribution in [3.05, 3.63) is 364 Å². The number of carbonyl (C=O) groups is 1. The van der Waals surface area contributed by atoms with Crippen LogP contribution >= 0.6 is 11.3 Å². The molecule has 141 heavy (non-hydrogen) atoms. The number of β-amino-alcohol motifs (C(OH)–C–C–N with tert-alkyl or cyclic N) is 4. The van der Waals surface area contributed by atoms with Gasteiger partial charge >= 0.3 is 0 Å². The largest absolute Gasteiger partial charge is 0.490 e. The number of Topliss-reactive ketones (excluding diaryl/α,β-unsaturated/α-hetero) is 1. The minimum atomic E-state index is -0.586. The third kappa shape index (κ3) is 26.5. The number of carbonyl (C=O) groups excluding carboxylic acids is 1. The van der Waals surface area contributed by atoms with Crippen LogP contribution in [0.4, 0.5) is 0 Å². The molecule has 0 radical (unpaired) electrons. The van der Waals surface area contributed by atoms with Crippen LogP contribution in [0.25, 0.3) is 101 Å². The van der Waals surface area contributed by atoms with Gasteiger partial charge in [-0.3, -0.25) is 4.79 Å². The van der Waals surface area contributed by atoms with Gasteiger partial charge in [-0.25, -0.2) is 4.98 Å². The number of thiazole rings is 1. The molecule has 17 aromatic rings. The van der Waals surface area contributed by atoms with Crippen LogP contribution in [0.3, 0.4) is 0 Å². The van der Waals surface area contributed by atoms with Crippen molar-refractivity contribution in [3.63, 3.8) is 0 Å². The Labute approximate surface area is 827 Å². The average Bonchev–Trinajstić information content (AvgIpc) is 1.79. The zero-order chi connectivity index (χ0) is 96.6. The monoisotopic (exact) mass is 1900 g/mol. The van der Waals surface area contributed by atoms with E-state index in [9.17, 15) is 25.2 Å². The average molecular weight is 1900 g/mol. The highest BCUT2D eigenvalue weighted by atomic mass is 32.1. The summed E-state index contributed by atoms with van der Waals surface area (Å²) in [5.41, 5.74) is 10.2. The number of hydrogen-bond donors (Lipinski definition) is 4. The van der Waals surface area contributed by atoms with E-state index in [1.165, 1.54) is 77.0 Å². The highest BCUT2D eigenvalue weighted by molar-refractivity contribution is 7.19. The number of furan rings is 1. The maximum atomic E-state index is 11.6. The van der Waals surface area contributed by atoms with Crippen molar-refractivity contribution in [3.8, 4) is 23.0 Å². The topological polar surface area (TPSA) is 252 Å². The van der Waals surface area contributed by atoms with E-state index in [-0.39, 0.29) is 32.2 Å². The van der Waals surface area contributed by atoms with Crippen LogP contribution in [-0.4, -0.2) is 200 Å². The minimum Gasteiger partial charge on any atom is -0.490 e. The number of likely N-dealkylation sites (tertiary alicyclic amines) is 4. The second-order valence-corrected chi connectivity index (χ2v) is 38.4. The fraction of sp³-hybridized carbons (Fsp3) is 0.294. The maximum absolute atomic E-state index is 11.6. The van der Waals surface area contributed by atoms with Crippen LogP contribution in [0.1, 0.15) is 160 Å². The molecule has 0 saturated carbocycles. The standard InChI is InChI=1S/C33H32N2O2S.2C29H31N3O3.C28H29NO4/c36-27(22-35-20-18-25(19-21-35)29-12-7-10-24-8-1-3-11-28(24)29)23-37-31-14-5-2-9-26(31)16-17-33-34-30-13-4-6-15-32(30)38-33;1-21-30-29(35-31-21)14-13-24-8-3-5-12-28(24)34-20-25(33)19-32-17-15-23(16-18-32)27-11-6-9-22-7-2-4-10-26(22)27;1-21-30-29(35-31-21)13-12-24-7-4-5-9-28(24)34-20-27(33)19-32-16-14-23(15-17-32)26-11-10-22-6-2-3-8-25(22)18-26;1-19(30)28-16-25-26(7-4-8-27(25)33-28)32-18-24(31)17-29-13-11-21(12-14-29)23-10-9-20-5-2-3-6-22(20)15-23/h1-17,25,27,36H,18-23H2;2-14,23,25,33H,15-20H2,1H3;2-13,18,23,27,33H,14-17,19-20H2,1H3;2-10,15-16,21,24,31H,11-14,17-18H2,1H3/b17-16+;14-13+;13-12+;/t27-;25-;27-;24-/m0000/s1. The van der Waals surface area contributed by atoms with Gasteiger partial charge in [0.1, 0.15) is 84.4 Å². The second kappa shape index (κ2) is 48.0. The van der Waals surface area contributed by atoms with Gasteiger partial charge in [-0.1, -0.05) is 253 Å². The molecule has 8 heterocycles. The molecule has 4 fully saturated rings. The van der Waals surface area contributed by atoms with E-state index in [1.54, 1.807) is 43.4 Å². The molecule has 21 rings (SSSR count). The van der Waals surface area contributed by atoms with Crippen molar-refractivity contribution in [2.45, 2.75) is 120 Å². The molecule has 0 unspecified atom stereocenters. The molecular formula is C119H123N9O12S. The normalized spacial score (nSPS) is 16.1. The van der Waals surface area contributed by atoms with Crippen LogP contribution < -0.4 is 18.9 Å². The maximum Gasteiger partial charge on any atom is 0.250 e.